The van der Waals surface area contributed by atoms with Crippen LogP contribution in [0.5, 0.6) is 0 Å². The molecule has 2 saturated heterocycles. The Morgan fingerprint density at radius 2 is 2.33 bits per heavy atom. The van der Waals surface area contributed by atoms with E-state index in [1.54, 1.807) is 0 Å². The van der Waals surface area contributed by atoms with Gasteiger partial charge in [0.05, 0.1) is 12.5 Å². The number of carbonyl (C=O) groups is 1. The third kappa shape index (κ3) is 1.32. The second-order valence-electron chi connectivity index (χ2n) is 3.60. The van der Waals surface area contributed by atoms with E-state index in [1.165, 1.54) is 0 Å². The fourth-order valence-corrected chi connectivity index (χ4v) is 2.10. The van der Waals surface area contributed by atoms with E-state index in [9.17, 15) is 9.90 Å². The molecule has 0 aromatic rings. The van der Waals surface area contributed by atoms with Crippen molar-refractivity contribution < 1.29 is 9.90 Å². The lowest BCUT2D eigenvalue weighted by molar-refractivity contribution is -0.129. The lowest BCUT2D eigenvalue weighted by Gasteiger charge is -2.39. The van der Waals surface area contributed by atoms with Crippen LogP contribution in [-0.2, 0) is 4.79 Å². The van der Waals surface area contributed by atoms with E-state index in [4.69, 9.17) is 0 Å². The zero-order chi connectivity index (χ0) is 8.55. The summed E-state index contributed by atoms with van der Waals surface area (Å²) in [5, 5.41) is 15.7. The molecule has 0 aromatic heterocycles. The van der Waals surface area contributed by atoms with Gasteiger partial charge in [0.25, 0.3) is 0 Å². The summed E-state index contributed by atoms with van der Waals surface area (Å²) in [5.74, 6) is 0.247. The summed E-state index contributed by atoms with van der Waals surface area (Å²) in [6.45, 7) is 1.75. The van der Waals surface area contributed by atoms with E-state index in [-0.39, 0.29) is 24.3 Å². The van der Waals surface area contributed by atoms with Gasteiger partial charge in [0, 0.05) is 18.5 Å². The van der Waals surface area contributed by atoms with Crippen molar-refractivity contribution in [1.82, 2.24) is 10.6 Å². The van der Waals surface area contributed by atoms with Crippen molar-refractivity contribution in [3.63, 3.8) is 0 Å². The molecule has 2 aliphatic rings. The monoisotopic (exact) mass is 170 g/mol. The zero-order valence-corrected chi connectivity index (χ0v) is 6.92. The summed E-state index contributed by atoms with van der Waals surface area (Å²) in [6, 6.07) is 0.148. The molecule has 2 aliphatic heterocycles. The highest BCUT2D eigenvalue weighted by molar-refractivity contribution is 5.77. The lowest BCUT2D eigenvalue weighted by atomic mass is 9.83. The van der Waals surface area contributed by atoms with E-state index in [1.807, 2.05) is 0 Å². The zero-order valence-electron chi connectivity index (χ0n) is 6.92. The molecular weight excluding hydrogens is 156 g/mol. The Kier molecular flexibility index (Phi) is 2.02. The number of hydrogen-bond acceptors (Lipinski definition) is 3. The predicted octanol–water partition coefficient (Wildman–Crippen LogP) is -1.15. The number of aliphatic hydroxyl groups is 1. The van der Waals surface area contributed by atoms with Crippen LogP contribution in [-0.4, -0.2) is 36.2 Å². The van der Waals surface area contributed by atoms with E-state index < -0.39 is 6.10 Å². The van der Waals surface area contributed by atoms with Crippen molar-refractivity contribution in [3.8, 4) is 0 Å². The summed E-state index contributed by atoms with van der Waals surface area (Å²) < 4.78 is 0. The fraction of sp³-hybridized carbons (Fsp3) is 0.875. The van der Waals surface area contributed by atoms with Gasteiger partial charge in [-0.3, -0.25) is 4.79 Å². The van der Waals surface area contributed by atoms with Gasteiger partial charge in [-0.05, 0) is 13.0 Å². The Morgan fingerprint density at radius 1 is 1.50 bits per heavy atom. The van der Waals surface area contributed by atoms with Crippen LogP contribution in [0, 0.1) is 5.92 Å². The summed E-state index contributed by atoms with van der Waals surface area (Å²) in [6.07, 6.45) is 0.818. The molecule has 0 bridgehead atoms. The molecule has 2 rings (SSSR count). The van der Waals surface area contributed by atoms with Crippen molar-refractivity contribution in [2.45, 2.75) is 25.0 Å². The smallest absolute Gasteiger partial charge is 0.222 e. The molecule has 2 heterocycles. The van der Waals surface area contributed by atoms with Crippen LogP contribution >= 0.6 is 0 Å². The minimum Gasteiger partial charge on any atom is -0.392 e. The van der Waals surface area contributed by atoms with Crippen LogP contribution in [0.4, 0.5) is 0 Å². The van der Waals surface area contributed by atoms with Crippen molar-refractivity contribution in [2.75, 3.05) is 13.1 Å². The molecule has 68 valence electrons. The first kappa shape index (κ1) is 8.01. The number of nitrogens with one attached hydrogen (secondary N) is 2. The van der Waals surface area contributed by atoms with Crippen LogP contribution in [0.15, 0.2) is 0 Å². The highest BCUT2D eigenvalue weighted by Gasteiger charge is 2.36. The first-order valence-corrected chi connectivity index (χ1v) is 4.45. The normalized spacial score (nSPS) is 41.8. The quantitative estimate of drug-likeness (QED) is 0.430. The number of fused-ring (bicyclic) bond motifs is 1. The molecule has 3 N–H and O–H groups in total. The Balaban J connectivity index is 2.06. The minimum absolute atomic E-state index is 0.0209. The maximum Gasteiger partial charge on any atom is 0.222 e. The van der Waals surface area contributed by atoms with E-state index in [0.717, 1.165) is 19.5 Å². The van der Waals surface area contributed by atoms with Gasteiger partial charge in [0.1, 0.15) is 0 Å². The van der Waals surface area contributed by atoms with Gasteiger partial charge in [-0.25, -0.2) is 0 Å². The molecular formula is C8H14N2O2. The highest BCUT2D eigenvalue weighted by Crippen LogP contribution is 2.22. The third-order valence-electron chi connectivity index (χ3n) is 2.77. The standard InChI is InChI=1S/C8H14N2O2/c11-7-3-8(12)10-6-4-9-2-1-5(6)7/h5-7,9,11H,1-4H2,(H,10,12). The number of hydrogen-bond donors (Lipinski definition) is 3. The molecule has 3 unspecified atom stereocenters. The Morgan fingerprint density at radius 3 is 3.17 bits per heavy atom. The van der Waals surface area contributed by atoms with Crippen LogP contribution in [0.25, 0.3) is 0 Å². The van der Waals surface area contributed by atoms with Gasteiger partial charge in [-0.2, -0.15) is 0 Å². The van der Waals surface area contributed by atoms with Crippen LogP contribution in [0.2, 0.25) is 0 Å². The fourth-order valence-electron chi connectivity index (χ4n) is 2.10. The van der Waals surface area contributed by atoms with Crippen LogP contribution in [0.3, 0.4) is 0 Å². The molecule has 2 fully saturated rings. The van der Waals surface area contributed by atoms with Gasteiger partial charge in [0.15, 0.2) is 0 Å². The third-order valence-corrected chi connectivity index (χ3v) is 2.77. The van der Waals surface area contributed by atoms with Crippen LogP contribution < -0.4 is 10.6 Å². The molecule has 12 heavy (non-hydrogen) atoms. The van der Waals surface area contributed by atoms with Gasteiger partial charge >= 0.3 is 0 Å². The molecule has 4 nitrogen and oxygen atoms in total. The van der Waals surface area contributed by atoms with Crippen molar-refractivity contribution in [2.24, 2.45) is 5.92 Å². The number of aliphatic hydroxyl groups excluding tert-OH is 1. The van der Waals surface area contributed by atoms with Gasteiger partial charge in [0.2, 0.25) is 5.91 Å². The van der Waals surface area contributed by atoms with Gasteiger partial charge in [-0.15, -0.1) is 0 Å². The first-order valence-electron chi connectivity index (χ1n) is 4.45. The number of amides is 1. The molecule has 4 heteroatoms. The first-order chi connectivity index (χ1) is 5.77. The van der Waals surface area contributed by atoms with E-state index in [2.05, 4.69) is 10.6 Å². The molecule has 1 amide bonds. The highest BCUT2D eigenvalue weighted by atomic mass is 16.3. The molecule has 0 radical (unpaired) electrons. The van der Waals surface area contributed by atoms with Gasteiger partial charge < -0.3 is 15.7 Å². The Bertz CT molecular complexity index is 195. The van der Waals surface area contributed by atoms with Crippen molar-refractivity contribution >= 4 is 5.91 Å². The Labute approximate surface area is 71.3 Å². The predicted molar refractivity (Wildman–Crippen MR) is 43.5 cm³/mol. The van der Waals surface area contributed by atoms with E-state index in [0.29, 0.717) is 0 Å². The summed E-state index contributed by atoms with van der Waals surface area (Å²) in [5.41, 5.74) is 0. The number of rotatable bonds is 0. The maximum atomic E-state index is 11.0. The molecule has 3 atom stereocenters. The van der Waals surface area contributed by atoms with Crippen molar-refractivity contribution in [3.05, 3.63) is 0 Å². The lowest BCUT2D eigenvalue weighted by Crippen LogP contribution is -2.58. The minimum atomic E-state index is -0.425. The number of piperidine rings is 2. The second kappa shape index (κ2) is 3.03. The Hall–Kier alpha value is -0.610. The largest absolute Gasteiger partial charge is 0.392 e. The molecule has 0 aliphatic carbocycles. The summed E-state index contributed by atoms with van der Waals surface area (Å²) in [4.78, 5) is 11.0. The average molecular weight is 170 g/mol. The second-order valence-corrected chi connectivity index (χ2v) is 3.60. The SMILES string of the molecule is O=C1CC(O)C2CCNCC2N1. The average Bonchev–Trinajstić information content (AvgIpc) is 2.04. The molecule has 0 spiro atoms. The molecule has 0 saturated carbocycles. The van der Waals surface area contributed by atoms with E-state index >= 15 is 0 Å². The summed E-state index contributed by atoms with van der Waals surface area (Å²) >= 11 is 0. The van der Waals surface area contributed by atoms with Crippen LogP contribution in [0.1, 0.15) is 12.8 Å². The maximum absolute atomic E-state index is 11.0. The van der Waals surface area contributed by atoms with Crippen molar-refractivity contribution in [1.29, 1.82) is 0 Å². The summed E-state index contributed by atoms with van der Waals surface area (Å²) in [7, 11) is 0. The topological polar surface area (TPSA) is 61.4 Å². The molecule has 0 aromatic carbocycles. The van der Waals surface area contributed by atoms with Gasteiger partial charge in [-0.1, -0.05) is 0 Å². The number of carbonyl (C=O) groups excluding carboxylic acids is 1.